The molecule has 0 bridgehead atoms. The van der Waals surface area contributed by atoms with Gasteiger partial charge in [0.2, 0.25) is 0 Å². The minimum atomic E-state index is -4.61. The first-order valence-electron chi connectivity index (χ1n) is 11.0. The summed E-state index contributed by atoms with van der Waals surface area (Å²) in [5.74, 6) is -0.232. The molecule has 1 amide bonds. The van der Waals surface area contributed by atoms with E-state index in [2.05, 4.69) is 35.1 Å². The zero-order valence-corrected chi connectivity index (χ0v) is 19.4. The van der Waals surface area contributed by atoms with E-state index >= 15 is 0 Å². The smallest absolute Gasteiger partial charge is 0.335 e. The summed E-state index contributed by atoms with van der Waals surface area (Å²) in [4.78, 5) is 17.8. The van der Waals surface area contributed by atoms with E-state index in [4.69, 9.17) is 0 Å². The minimum Gasteiger partial charge on any atom is -0.335 e. The number of aryl methyl sites for hydroxylation is 1. The maximum atomic E-state index is 13.7. The molecule has 0 spiro atoms. The molecule has 0 atom stereocenters. The summed E-state index contributed by atoms with van der Waals surface area (Å²) >= 11 is 1.06. The first-order valence-corrected chi connectivity index (χ1v) is 11.8. The SMILES string of the molecule is Cc1cccc(CN2CCN(C(=O)c3cc4c(C(F)(F)F)nn(-c5ccccc5)c4s3)CC2)c1. The lowest BCUT2D eigenvalue weighted by Gasteiger charge is -2.34. The number of hydrogen-bond acceptors (Lipinski definition) is 4. The number of thiophene rings is 1. The number of carbonyl (C=O) groups is 1. The molecule has 0 radical (unpaired) electrons. The molecule has 2 aromatic heterocycles. The third-order valence-electron chi connectivity index (χ3n) is 5.99. The number of benzene rings is 2. The normalized spacial score (nSPS) is 15.2. The Morgan fingerprint density at radius 3 is 2.41 bits per heavy atom. The van der Waals surface area contributed by atoms with Gasteiger partial charge in [-0.05, 0) is 30.7 Å². The molecule has 3 heterocycles. The number of alkyl halides is 3. The summed E-state index contributed by atoms with van der Waals surface area (Å²) in [5, 5.41) is 3.79. The number of fused-ring (bicyclic) bond motifs is 1. The van der Waals surface area contributed by atoms with E-state index in [0.29, 0.717) is 28.5 Å². The predicted molar refractivity (Wildman–Crippen MR) is 126 cm³/mol. The summed E-state index contributed by atoms with van der Waals surface area (Å²) in [7, 11) is 0. The van der Waals surface area contributed by atoms with Crippen LogP contribution in [0.1, 0.15) is 26.5 Å². The second-order valence-electron chi connectivity index (χ2n) is 8.48. The summed E-state index contributed by atoms with van der Waals surface area (Å²) in [6.07, 6.45) is -4.61. The lowest BCUT2D eigenvalue weighted by Crippen LogP contribution is -2.48. The van der Waals surface area contributed by atoms with Gasteiger partial charge in [-0.25, -0.2) is 4.68 Å². The largest absolute Gasteiger partial charge is 0.435 e. The molecule has 0 saturated carbocycles. The molecular formula is C25H23F3N4OS. The zero-order chi connectivity index (χ0) is 23.9. The van der Waals surface area contributed by atoms with Crippen molar-refractivity contribution in [3.8, 4) is 5.69 Å². The highest BCUT2D eigenvalue weighted by molar-refractivity contribution is 7.20. The van der Waals surface area contributed by atoms with Gasteiger partial charge in [-0.1, -0.05) is 48.0 Å². The standard InChI is InChI=1S/C25H23F3N4OS/c1-17-6-5-7-18(14-17)16-30-10-12-31(13-11-30)23(33)21-15-20-22(25(26,27)28)29-32(24(20)34-21)19-8-3-2-4-9-19/h2-9,14-15H,10-13,16H2,1H3. The van der Waals surface area contributed by atoms with Gasteiger partial charge in [0.25, 0.3) is 5.91 Å². The van der Waals surface area contributed by atoms with E-state index < -0.39 is 11.9 Å². The molecule has 1 aliphatic heterocycles. The molecular weight excluding hydrogens is 461 g/mol. The predicted octanol–water partition coefficient (Wildman–Crippen LogP) is 5.37. The number of piperazine rings is 1. The number of rotatable bonds is 4. The summed E-state index contributed by atoms with van der Waals surface area (Å²) in [6.45, 7) is 5.39. The number of para-hydroxylation sites is 1. The monoisotopic (exact) mass is 484 g/mol. The molecule has 0 unspecified atom stereocenters. The van der Waals surface area contributed by atoms with E-state index in [0.717, 1.165) is 31.0 Å². The van der Waals surface area contributed by atoms with Gasteiger partial charge in [0.15, 0.2) is 5.69 Å². The second kappa shape index (κ2) is 8.88. The van der Waals surface area contributed by atoms with Crippen molar-refractivity contribution in [1.29, 1.82) is 0 Å². The highest BCUT2D eigenvalue weighted by Crippen LogP contribution is 2.39. The number of hydrogen-bond donors (Lipinski definition) is 0. The van der Waals surface area contributed by atoms with Crippen LogP contribution in [-0.4, -0.2) is 51.7 Å². The second-order valence-corrected chi connectivity index (χ2v) is 9.51. The highest BCUT2D eigenvalue weighted by Gasteiger charge is 2.38. The van der Waals surface area contributed by atoms with Crippen molar-refractivity contribution in [1.82, 2.24) is 19.6 Å². The van der Waals surface area contributed by atoms with Crippen molar-refractivity contribution in [3.63, 3.8) is 0 Å². The Balaban J connectivity index is 1.36. The van der Waals surface area contributed by atoms with Crippen LogP contribution >= 0.6 is 11.3 Å². The summed E-state index contributed by atoms with van der Waals surface area (Å²) < 4.78 is 42.3. The first kappa shape index (κ1) is 22.6. The van der Waals surface area contributed by atoms with Crippen LogP contribution in [0.4, 0.5) is 13.2 Å². The van der Waals surface area contributed by atoms with Crippen LogP contribution < -0.4 is 0 Å². The van der Waals surface area contributed by atoms with Crippen LogP contribution in [0.25, 0.3) is 15.9 Å². The third-order valence-corrected chi connectivity index (χ3v) is 7.09. The van der Waals surface area contributed by atoms with Gasteiger partial charge >= 0.3 is 6.18 Å². The number of halogens is 3. The van der Waals surface area contributed by atoms with Crippen molar-refractivity contribution in [3.05, 3.63) is 82.4 Å². The molecule has 5 nitrogen and oxygen atoms in total. The van der Waals surface area contributed by atoms with Crippen molar-refractivity contribution in [2.45, 2.75) is 19.6 Å². The molecule has 2 aromatic carbocycles. The minimum absolute atomic E-state index is 0.0391. The van der Waals surface area contributed by atoms with Crippen LogP contribution in [0.3, 0.4) is 0 Å². The Labute approximate surface area is 199 Å². The van der Waals surface area contributed by atoms with E-state index in [-0.39, 0.29) is 11.3 Å². The van der Waals surface area contributed by atoms with Crippen molar-refractivity contribution >= 4 is 27.5 Å². The average molecular weight is 485 g/mol. The molecule has 1 aliphatic rings. The maximum absolute atomic E-state index is 13.7. The van der Waals surface area contributed by atoms with E-state index in [9.17, 15) is 18.0 Å². The van der Waals surface area contributed by atoms with Crippen molar-refractivity contribution < 1.29 is 18.0 Å². The fourth-order valence-electron chi connectivity index (χ4n) is 4.30. The fourth-order valence-corrected chi connectivity index (χ4v) is 5.40. The summed E-state index contributed by atoms with van der Waals surface area (Å²) in [5.41, 5.74) is 2.00. The Kier molecular flexibility index (Phi) is 5.91. The molecule has 9 heteroatoms. The number of carbonyl (C=O) groups excluding carboxylic acids is 1. The molecule has 5 rings (SSSR count). The summed E-state index contributed by atoms with van der Waals surface area (Å²) in [6, 6.07) is 18.4. The van der Waals surface area contributed by atoms with Gasteiger partial charge in [0.05, 0.1) is 10.6 Å². The quantitative estimate of drug-likeness (QED) is 0.391. The van der Waals surface area contributed by atoms with E-state index in [1.54, 1.807) is 35.2 Å². The lowest BCUT2D eigenvalue weighted by molar-refractivity contribution is -0.140. The van der Waals surface area contributed by atoms with Crippen LogP contribution in [0, 0.1) is 6.92 Å². The zero-order valence-electron chi connectivity index (χ0n) is 18.5. The average Bonchev–Trinajstić information content (AvgIpc) is 3.39. The van der Waals surface area contributed by atoms with Crippen LogP contribution in [-0.2, 0) is 12.7 Å². The molecule has 34 heavy (non-hydrogen) atoms. The molecule has 1 saturated heterocycles. The fraction of sp³-hybridized carbons (Fsp3) is 0.280. The molecule has 176 valence electrons. The first-order chi connectivity index (χ1) is 16.3. The van der Waals surface area contributed by atoms with E-state index in [1.165, 1.54) is 21.9 Å². The van der Waals surface area contributed by atoms with Gasteiger partial charge in [-0.3, -0.25) is 9.69 Å². The molecule has 1 fully saturated rings. The highest BCUT2D eigenvalue weighted by atomic mass is 32.1. The molecule has 0 aliphatic carbocycles. The van der Waals surface area contributed by atoms with Crippen molar-refractivity contribution in [2.24, 2.45) is 0 Å². The van der Waals surface area contributed by atoms with Gasteiger partial charge in [0, 0.05) is 38.1 Å². The number of amides is 1. The number of aromatic nitrogens is 2. The number of nitrogens with zero attached hydrogens (tertiary/aromatic N) is 4. The lowest BCUT2D eigenvalue weighted by atomic mass is 10.1. The van der Waals surface area contributed by atoms with E-state index in [1.807, 2.05) is 6.07 Å². The van der Waals surface area contributed by atoms with Gasteiger partial charge in [-0.2, -0.15) is 18.3 Å². The third kappa shape index (κ3) is 4.45. The van der Waals surface area contributed by atoms with Crippen LogP contribution in [0.2, 0.25) is 0 Å². The Bertz CT molecular complexity index is 1320. The molecule has 0 N–H and O–H groups in total. The maximum Gasteiger partial charge on any atom is 0.435 e. The van der Waals surface area contributed by atoms with Gasteiger partial charge in [0.1, 0.15) is 4.83 Å². The Hall–Kier alpha value is -3.17. The van der Waals surface area contributed by atoms with Gasteiger partial charge < -0.3 is 4.90 Å². The molecule has 4 aromatic rings. The Morgan fingerprint density at radius 1 is 1.00 bits per heavy atom. The van der Waals surface area contributed by atoms with Crippen molar-refractivity contribution in [2.75, 3.05) is 26.2 Å². The van der Waals surface area contributed by atoms with Gasteiger partial charge in [-0.15, -0.1) is 11.3 Å². The van der Waals surface area contributed by atoms with Crippen LogP contribution in [0.15, 0.2) is 60.7 Å². The topological polar surface area (TPSA) is 41.4 Å². The van der Waals surface area contributed by atoms with Crippen LogP contribution in [0.5, 0.6) is 0 Å². The Morgan fingerprint density at radius 2 is 1.74 bits per heavy atom.